The Morgan fingerprint density at radius 2 is 1.96 bits per heavy atom. The Kier molecular flexibility index (Phi) is 6.40. The van der Waals surface area contributed by atoms with Crippen LogP contribution >= 0.6 is 0 Å². The zero-order valence-electron chi connectivity index (χ0n) is 13.0. The van der Waals surface area contributed by atoms with Crippen molar-refractivity contribution in [2.45, 2.75) is 25.5 Å². The van der Waals surface area contributed by atoms with Crippen molar-refractivity contribution in [3.05, 3.63) is 53.5 Å². The third-order valence-corrected chi connectivity index (χ3v) is 4.64. The number of carboxylic acids is 1. The van der Waals surface area contributed by atoms with E-state index >= 15 is 0 Å². The minimum absolute atomic E-state index is 0.129. The molecule has 1 aromatic heterocycles. The van der Waals surface area contributed by atoms with E-state index in [9.17, 15) is 9.00 Å². The summed E-state index contributed by atoms with van der Waals surface area (Å²) in [5.74, 6) is 0.691. The molecule has 0 aliphatic carbocycles. The van der Waals surface area contributed by atoms with Gasteiger partial charge in [-0.25, -0.2) is 4.79 Å². The molecule has 1 atom stereocenters. The first kappa shape index (κ1) is 17.3. The van der Waals surface area contributed by atoms with Gasteiger partial charge in [0, 0.05) is 16.6 Å². The van der Waals surface area contributed by atoms with E-state index in [1.165, 1.54) is 11.6 Å². The van der Waals surface area contributed by atoms with Crippen molar-refractivity contribution in [1.29, 1.82) is 0 Å². The monoisotopic (exact) mass is 336 g/mol. The van der Waals surface area contributed by atoms with Crippen molar-refractivity contribution in [2.24, 2.45) is 0 Å². The fourth-order valence-electron chi connectivity index (χ4n) is 2.03. The second kappa shape index (κ2) is 8.53. The fraction of sp³-hybridized carbons (Fsp3) is 0.353. The number of aryl methyl sites for hydroxylation is 1. The van der Waals surface area contributed by atoms with E-state index in [2.05, 4.69) is 6.92 Å². The van der Waals surface area contributed by atoms with E-state index < -0.39 is 16.8 Å². The molecule has 1 N–H and O–H groups in total. The summed E-state index contributed by atoms with van der Waals surface area (Å²) >= 11 is 0. The Labute approximate surface area is 137 Å². The molecule has 0 aliphatic rings. The fourth-order valence-corrected chi connectivity index (χ4v) is 3.09. The highest BCUT2D eigenvalue weighted by Gasteiger charge is 2.11. The highest BCUT2D eigenvalue weighted by molar-refractivity contribution is 7.84. The summed E-state index contributed by atoms with van der Waals surface area (Å²) in [6.07, 6.45) is 1.66. The van der Waals surface area contributed by atoms with Gasteiger partial charge in [-0.15, -0.1) is 0 Å². The molecule has 2 rings (SSSR count). The number of aromatic carboxylic acids is 1. The van der Waals surface area contributed by atoms with Crippen LogP contribution in [0.5, 0.6) is 5.75 Å². The maximum Gasteiger partial charge on any atom is 0.371 e. The topological polar surface area (TPSA) is 76.7 Å². The van der Waals surface area contributed by atoms with Gasteiger partial charge in [0.25, 0.3) is 0 Å². The summed E-state index contributed by atoms with van der Waals surface area (Å²) in [6.45, 7) is 2.60. The van der Waals surface area contributed by atoms with Gasteiger partial charge in [-0.05, 0) is 42.7 Å². The van der Waals surface area contributed by atoms with Crippen LogP contribution in [0, 0.1) is 0 Å². The average molecular weight is 336 g/mol. The van der Waals surface area contributed by atoms with Gasteiger partial charge in [0.1, 0.15) is 11.5 Å². The number of benzene rings is 1. The third-order valence-electron chi connectivity index (χ3n) is 3.29. The van der Waals surface area contributed by atoms with Crippen molar-refractivity contribution >= 4 is 16.8 Å². The largest absolute Gasteiger partial charge is 0.494 e. The molecule has 0 amide bonds. The maximum atomic E-state index is 11.9. The normalized spacial score (nSPS) is 12.0. The van der Waals surface area contributed by atoms with Gasteiger partial charge in [0.05, 0.1) is 12.4 Å². The van der Waals surface area contributed by atoms with Crippen molar-refractivity contribution in [3.63, 3.8) is 0 Å². The Hall–Kier alpha value is -2.08. The van der Waals surface area contributed by atoms with E-state index in [1.54, 1.807) is 6.07 Å². The number of hydrogen-bond acceptors (Lipinski definition) is 4. The number of carboxylic acid groups (broad SMARTS) is 1. The molecular weight excluding hydrogens is 316 g/mol. The molecule has 124 valence electrons. The summed E-state index contributed by atoms with van der Waals surface area (Å²) in [6, 6.07) is 10.9. The SMILES string of the molecule is CCc1ccc(OCCCS(=O)Cc2ccc(C(=O)O)o2)cc1. The number of furan rings is 1. The molecule has 1 heterocycles. The second-order valence-electron chi connectivity index (χ2n) is 5.06. The molecule has 0 radical (unpaired) electrons. The summed E-state index contributed by atoms with van der Waals surface area (Å²) < 4.78 is 22.6. The van der Waals surface area contributed by atoms with Gasteiger partial charge in [-0.2, -0.15) is 0 Å². The predicted octanol–water partition coefficient (Wildman–Crippen LogP) is 3.26. The lowest BCUT2D eigenvalue weighted by molar-refractivity contribution is 0.0660. The van der Waals surface area contributed by atoms with Crippen LogP contribution in [0.2, 0.25) is 0 Å². The van der Waals surface area contributed by atoms with Gasteiger partial charge in [-0.3, -0.25) is 4.21 Å². The molecule has 1 unspecified atom stereocenters. The second-order valence-corrected chi connectivity index (χ2v) is 6.64. The van der Waals surface area contributed by atoms with Crippen molar-refractivity contribution in [2.75, 3.05) is 12.4 Å². The van der Waals surface area contributed by atoms with Crippen LogP contribution in [-0.4, -0.2) is 27.6 Å². The quantitative estimate of drug-likeness (QED) is 0.711. The lowest BCUT2D eigenvalue weighted by Gasteiger charge is -2.06. The first-order chi connectivity index (χ1) is 11.1. The molecule has 0 fully saturated rings. The zero-order chi connectivity index (χ0) is 16.7. The Morgan fingerprint density at radius 3 is 2.57 bits per heavy atom. The molecule has 2 aromatic rings. The van der Waals surface area contributed by atoms with Crippen molar-refractivity contribution in [3.8, 4) is 5.75 Å². The molecule has 0 bridgehead atoms. The van der Waals surface area contributed by atoms with Crippen LogP contribution in [0.3, 0.4) is 0 Å². The Bertz CT molecular complexity index is 660. The van der Waals surface area contributed by atoms with E-state index in [-0.39, 0.29) is 11.5 Å². The molecule has 5 nitrogen and oxygen atoms in total. The summed E-state index contributed by atoms with van der Waals surface area (Å²) in [7, 11) is -1.10. The molecule has 0 aliphatic heterocycles. The van der Waals surface area contributed by atoms with Crippen molar-refractivity contribution in [1.82, 2.24) is 0 Å². The van der Waals surface area contributed by atoms with Crippen LogP contribution in [0.25, 0.3) is 0 Å². The average Bonchev–Trinajstić information content (AvgIpc) is 3.01. The Morgan fingerprint density at radius 1 is 1.22 bits per heavy atom. The first-order valence-electron chi connectivity index (χ1n) is 7.47. The van der Waals surface area contributed by atoms with Crippen LogP contribution in [-0.2, 0) is 23.0 Å². The van der Waals surface area contributed by atoms with E-state index in [4.69, 9.17) is 14.3 Å². The third kappa shape index (κ3) is 5.56. The number of carbonyl (C=O) groups is 1. The first-order valence-corrected chi connectivity index (χ1v) is 8.96. The van der Waals surface area contributed by atoms with E-state index in [1.807, 2.05) is 24.3 Å². The van der Waals surface area contributed by atoms with Gasteiger partial charge >= 0.3 is 5.97 Å². The molecule has 23 heavy (non-hydrogen) atoms. The zero-order valence-corrected chi connectivity index (χ0v) is 13.8. The van der Waals surface area contributed by atoms with Gasteiger partial charge in [0.2, 0.25) is 5.76 Å². The van der Waals surface area contributed by atoms with E-state index in [0.29, 0.717) is 24.5 Å². The van der Waals surface area contributed by atoms with Gasteiger partial charge in [-0.1, -0.05) is 19.1 Å². The number of hydrogen-bond donors (Lipinski definition) is 1. The molecule has 0 spiro atoms. The maximum absolute atomic E-state index is 11.9. The van der Waals surface area contributed by atoms with Crippen molar-refractivity contribution < 1.29 is 23.3 Å². The smallest absolute Gasteiger partial charge is 0.371 e. The summed E-state index contributed by atoms with van der Waals surface area (Å²) in [5.41, 5.74) is 1.26. The number of ether oxygens (including phenoxy) is 1. The lowest BCUT2D eigenvalue weighted by Crippen LogP contribution is -2.06. The minimum atomic E-state index is -1.12. The minimum Gasteiger partial charge on any atom is -0.494 e. The standard InChI is InChI=1S/C17H20O5S/c1-2-13-4-6-14(7-5-13)21-10-3-11-23(20)12-15-8-9-16(22-15)17(18)19/h4-9H,2-3,10-12H2,1H3,(H,18,19). The highest BCUT2D eigenvalue weighted by Crippen LogP contribution is 2.13. The predicted molar refractivity (Wildman–Crippen MR) is 88.3 cm³/mol. The summed E-state index contributed by atoms with van der Waals surface area (Å²) in [4.78, 5) is 10.7. The highest BCUT2D eigenvalue weighted by atomic mass is 32.2. The van der Waals surface area contributed by atoms with Gasteiger partial charge in [0.15, 0.2) is 0 Å². The number of rotatable bonds is 9. The van der Waals surface area contributed by atoms with Gasteiger partial charge < -0.3 is 14.3 Å². The van der Waals surface area contributed by atoms with E-state index in [0.717, 1.165) is 12.2 Å². The van der Waals surface area contributed by atoms with Crippen LogP contribution in [0.15, 0.2) is 40.8 Å². The van der Waals surface area contributed by atoms with Crippen LogP contribution in [0.1, 0.15) is 35.2 Å². The summed E-state index contributed by atoms with van der Waals surface area (Å²) in [5, 5.41) is 8.76. The molecule has 6 heteroatoms. The van der Waals surface area contributed by atoms with Crippen LogP contribution in [0.4, 0.5) is 0 Å². The molecule has 0 saturated heterocycles. The lowest BCUT2D eigenvalue weighted by atomic mass is 10.2. The Balaban J connectivity index is 1.68. The molecule has 0 saturated carbocycles. The van der Waals surface area contributed by atoms with Crippen LogP contribution < -0.4 is 4.74 Å². The molecular formula is C17H20O5S. The molecule has 1 aromatic carbocycles.